The van der Waals surface area contributed by atoms with Gasteiger partial charge in [-0.2, -0.15) is 0 Å². The molecule has 15 heavy (non-hydrogen) atoms. The molecule has 0 atom stereocenters. The Labute approximate surface area is 94.4 Å². The van der Waals surface area contributed by atoms with Crippen LogP contribution < -0.4 is 0 Å². The van der Waals surface area contributed by atoms with Crippen LogP contribution >= 0.6 is 0 Å². The van der Waals surface area contributed by atoms with Gasteiger partial charge in [-0.05, 0) is 26.7 Å². The Hall–Kier alpha value is -0.530. The fourth-order valence-corrected chi connectivity index (χ4v) is 1.77. The number of carbonyl (C=O) groups excluding carboxylic acids is 1. The van der Waals surface area contributed by atoms with Gasteiger partial charge < -0.3 is 4.74 Å². The summed E-state index contributed by atoms with van der Waals surface area (Å²) in [7, 11) is 0. The fourth-order valence-electron chi connectivity index (χ4n) is 1.77. The van der Waals surface area contributed by atoms with Crippen LogP contribution in [0, 0.1) is 5.41 Å². The van der Waals surface area contributed by atoms with E-state index in [9.17, 15) is 4.79 Å². The lowest BCUT2D eigenvalue weighted by molar-refractivity contribution is -0.155. The number of unbranched alkanes of at least 4 members (excludes halogenated alkanes) is 2. The summed E-state index contributed by atoms with van der Waals surface area (Å²) in [4.78, 5) is 11.9. The van der Waals surface area contributed by atoms with Crippen molar-refractivity contribution in [3.05, 3.63) is 0 Å². The Balaban J connectivity index is 4.30. The van der Waals surface area contributed by atoms with Gasteiger partial charge >= 0.3 is 5.97 Å². The van der Waals surface area contributed by atoms with E-state index in [2.05, 4.69) is 20.8 Å². The SMILES string of the molecule is CCCCC(C)(CCCC)C(=O)OCC. The summed E-state index contributed by atoms with van der Waals surface area (Å²) >= 11 is 0. The molecule has 90 valence electrons. The lowest BCUT2D eigenvalue weighted by Gasteiger charge is -2.27. The van der Waals surface area contributed by atoms with Crippen molar-refractivity contribution in [1.29, 1.82) is 0 Å². The molecule has 0 unspecified atom stereocenters. The molecule has 0 radical (unpaired) electrons. The third-order valence-corrected chi connectivity index (χ3v) is 2.93. The molecule has 0 heterocycles. The Morgan fingerprint density at radius 3 is 1.87 bits per heavy atom. The fraction of sp³-hybridized carbons (Fsp3) is 0.923. The van der Waals surface area contributed by atoms with E-state index in [1.807, 2.05) is 6.92 Å². The topological polar surface area (TPSA) is 26.3 Å². The van der Waals surface area contributed by atoms with Crippen molar-refractivity contribution in [2.45, 2.75) is 66.2 Å². The molecule has 0 fully saturated rings. The standard InChI is InChI=1S/C13H26O2/c1-5-8-10-13(4,11-9-6-2)12(14)15-7-3/h5-11H2,1-4H3. The molecule has 0 amide bonds. The molecule has 0 rings (SSSR count). The van der Waals surface area contributed by atoms with Gasteiger partial charge in [0.1, 0.15) is 0 Å². The van der Waals surface area contributed by atoms with E-state index in [1.165, 1.54) is 0 Å². The maximum Gasteiger partial charge on any atom is 0.311 e. The van der Waals surface area contributed by atoms with E-state index < -0.39 is 0 Å². The molecule has 0 N–H and O–H groups in total. The molecule has 2 nitrogen and oxygen atoms in total. The molecule has 2 heteroatoms. The number of ether oxygens (including phenoxy) is 1. The van der Waals surface area contributed by atoms with Crippen molar-refractivity contribution in [2.24, 2.45) is 5.41 Å². The van der Waals surface area contributed by atoms with Gasteiger partial charge in [0.05, 0.1) is 12.0 Å². The second-order valence-corrected chi connectivity index (χ2v) is 4.49. The van der Waals surface area contributed by atoms with Crippen LogP contribution in [0.3, 0.4) is 0 Å². The highest BCUT2D eigenvalue weighted by atomic mass is 16.5. The van der Waals surface area contributed by atoms with Crippen molar-refractivity contribution in [3.63, 3.8) is 0 Å². The van der Waals surface area contributed by atoms with Crippen LogP contribution in [0.1, 0.15) is 66.2 Å². The van der Waals surface area contributed by atoms with E-state index in [0.29, 0.717) is 6.61 Å². The Morgan fingerprint density at radius 1 is 1.07 bits per heavy atom. The van der Waals surface area contributed by atoms with Crippen LogP contribution in [-0.2, 0) is 9.53 Å². The second-order valence-electron chi connectivity index (χ2n) is 4.49. The van der Waals surface area contributed by atoms with E-state index in [1.54, 1.807) is 0 Å². The maximum absolute atomic E-state index is 11.9. The van der Waals surface area contributed by atoms with Crippen LogP contribution in [-0.4, -0.2) is 12.6 Å². The highest BCUT2D eigenvalue weighted by Gasteiger charge is 2.33. The predicted octanol–water partition coefficient (Wildman–Crippen LogP) is 3.94. The molecule has 0 aromatic rings. The Kier molecular flexibility index (Phi) is 7.45. The first-order chi connectivity index (χ1) is 7.10. The highest BCUT2D eigenvalue weighted by Crippen LogP contribution is 2.32. The minimum Gasteiger partial charge on any atom is -0.466 e. The molecule has 0 saturated carbocycles. The molecule has 0 aromatic carbocycles. The molecule has 0 aliphatic heterocycles. The van der Waals surface area contributed by atoms with Crippen molar-refractivity contribution in [1.82, 2.24) is 0 Å². The minimum absolute atomic E-state index is 0.00750. The molecule has 0 bridgehead atoms. The largest absolute Gasteiger partial charge is 0.466 e. The van der Waals surface area contributed by atoms with Crippen LogP contribution in [0.15, 0.2) is 0 Å². The van der Waals surface area contributed by atoms with Gasteiger partial charge in [-0.1, -0.05) is 39.5 Å². The summed E-state index contributed by atoms with van der Waals surface area (Å²) < 4.78 is 5.16. The van der Waals surface area contributed by atoms with Crippen LogP contribution in [0.5, 0.6) is 0 Å². The van der Waals surface area contributed by atoms with Gasteiger partial charge in [0.15, 0.2) is 0 Å². The van der Waals surface area contributed by atoms with Crippen LogP contribution in [0.2, 0.25) is 0 Å². The summed E-state index contributed by atoms with van der Waals surface area (Å²) in [6, 6.07) is 0. The first-order valence-corrected chi connectivity index (χ1v) is 6.28. The van der Waals surface area contributed by atoms with E-state index in [-0.39, 0.29) is 11.4 Å². The quantitative estimate of drug-likeness (QED) is 0.572. The predicted molar refractivity (Wildman–Crippen MR) is 63.8 cm³/mol. The summed E-state index contributed by atoms with van der Waals surface area (Å²) in [6.45, 7) is 8.73. The number of hydrogen-bond acceptors (Lipinski definition) is 2. The van der Waals surface area contributed by atoms with Gasteiger partial charge in [0, 0.05) is 0 Å². The van der Waals surface area contributed by atoms with E-state index >= 15 is 0 Å². The normalized spacial score (nSPS) is 11.5. The lowest BCUT2D eigenvalue weighted by atomic mass is 9.80. The zero-order valence-electron chi connectivity index (χ0n) is 10.8. The molecular formula is C13H26O2. The average Bonchev–Trinajstić information content (AvgIpc) is 2.24. The molecule has 0 saturated heterocycles. The third-order valence-electron chi connectivity index (χ3n) is 2.93. The molecule has 0 aliphatic rings. The first-order valence-electron chi connectivity index (χ1n) is 6.28. The Morgan fingerprint density at radius 2 is 1.53 bits per heavy atom. The number of esters is 1. The minimum atomic E-state index is -0.248. The average molecular weight is 214 g/mol. The van der Waals surface area contributed by atoms with Crippen molar-refractivity contribution >= 4 is 5.97 Å². The highest BCUT2D eigenvalue weighted by molar-refractivity contribution is 5.76. The van der Waals surface area contributed by atoms with Gasteiger partial charge in [-0.15, -0.1) is 0 Å². The van der Waals surface area contributed by atoms with E-state index in [4.69, 9.17) is 4.74 Å². The second kappa shape index (κ2) is 7.72. The lowest BCUT2D eigenvalue weighted by Crippen LogP contribution is -2.30. The molecule has 0 aliphatic carbocycles. The van der Waals surface area contributed by atoms with Crippen molar-refractivity contribution in [2.75, 3.05) is 6.61 Å². The molecule has 0 spiro atoms. The molecule has 0 aromatic heterocycles. The summed E-state index contributed by atoms with van der Waals surface area (Å²) in [5.41, 5.74) is -0.248. The summed E-state index contributed by atoms with van der Waals surface area (Å²) in [6.07, 6.45) is 6.42. The van der Waals surface area contributed by atoms with Crippen molar-refractivity contribution < 1.29 is 9.53 Å². The van der Waals surface area contributed by atoms with E-state index in [0.717, 1.165) is 38.5 Å². The molecular weight excluding hydrogens is 188 g/mol. The van der Waals surface area contributed by atoms with Crippen molar-refractivity contribution in [3.8, 4) is 0 Å². The van der Waals surface area contributed by atoms with Gasteiger partial charge in [-0.3, -0.25) is 4.79 Å². The third kappa shape index (κ3) is 5.19. The Bertz CT molecular complexity index is 167. The zero-order valence-corrected chi connectivity index (χ0v) is 10.8. The number of hydrogen-bond donors (Lipinski definition) is 0. The number of carbonyl (C=O) groups is 1. The summed E-state index contributed by atoms with van der Waals surface area (Å²) in [5.74, 6) is -0.00750. The monoisotopic (exact) mass is 214 g/mol. The smallest absolute Gasteiger partial charge is 0.311 e. The van der Waals surface area contributed by atoms with Crippen LogP contribution in [0.4, 0.5) is 0 Å². The zero-order chi connectivity index (χ0) is 11.7. The summed E-state index contributed by atoms with van der Waals surface area (Å²) in [5, 5.41) is 0. The van der Waals surface area contributed by atoms with Gasteiger partial charge in [-0.25, -0.2) is 0 Å². The van der Waals surface area contributed by atoms with Gasteiger partial charge in [0.25, 0.3) is 0 Å². The maximum atomic E-state index is 11.9. The number of rotatable bonds is 8. The first kappa shape index (κ1) is 14.5. The van der Waals surface area contributed by atoms with Gasteiger partial charge in [0.2, 0.25) is 0 Å². The van der Waals surface area contributed by atoms with Crippen LogP contribution in [0.25, 0.3) is 0 Å².